The molecule has 0 spiro atoms. The summed E-state index contributed by atoms with van der Waals surface area (Å²) in [5.74, 6) is 0. The summed E-state index contributed by atoms with van der Waals surface area (Å²) in [5, 5.41) is 3.50. The van der Waals surface area contributed by atoms with E-state index in [4.69, 9.17) is 0 Å². The lowest BCUT2D eigenvalue weighted by Crippen LogP contribution is -2.47. The zero-order valence-electron chi connectivity index (χ0n) is 19.2. The third-order valence-corrected chi connectivity index (χ3v) is 9.78. The van der Waals surface area contributed by atoms with E-state index in [2.05, 4.69) is 65.3 Å². The molecule has 0 aliphatic carbocycles. The summed E-state index contributed by atoms with van der Waals surface area (Å²) in [6.07, 6.45) is 13.6. The van der Waals surface area contributed by atoms with E-state index in [1.807, 2.05) is 0 Å². The number of unbranched alkanes of at least 4 members (excludes halogenated alkanes) is 6. The van der Waals surface area contributed by atoms with Crippen molar-refractivity contribution < 1.29 is 0 Å². The van der Waals surface area contributed by atoms with Crippen LogP contribution in [0, 0.1) is 0 Å². The van der Waals surface area contributed by atoms with Crippen molar-refractivity contribution in [2.75, 3.05) is 0 Å². The van der Waals surface area contributed by atoms with Crippen LogP contribution in [0.15, 0.2) is 12.1 Å². The van der Waals surface area contributed by atoms with Crippen LogP contribution in [0.25, 0.3) is 0 Å². The standard InChI is InChI=1S/C24H46Si2/c1-9-11-13-15-17-21-22(18-16-14-12-10-2)24(26(6,7)8)20-19-23(21)25(3,4)5/h19-20H,9-18H2,1-8H3. The molecule has 0 aliphatic heterocycles. The molecule has 0 N–H and O–H groups in total. The van der Waals surface area contributed by atoms with E-state index in [0.29, 0.717) is 0 Å². The van der Waals surface area contributed by atoms with Crippen LogP contribution in [-0.4, -0.2) is 16.1 Å². The Hall–Kier alpha value is -0.346. The van der Waals surface area contributed by atoms with Crippen LogP contribution in [0.2, 0.25) is 39.3 Å². The van der Waals surface area contributed by atoms with Crippen molar-refractivity contribution in [2.45, 2.75) is 117 Å². The average Bonchev–Trinajstić information content (AvgIpc) is 2.53. The molecule has 0 aliphatic rings. The van der Waals surface area contributed by atoms with Gasteiger partial charge in [-0.05, 0) is 36.8 Å². The van der Waals surface area contributed by atoms with Crippen molar-refractivity contribution in [3.05, 3.63) is 23.3 Å². The van der Waals surface area contributed by atoms with Crippen LogP contribution in [-0.2, 0) is 12.8 Å². The maximum Gasteiger partial charge on any atom is 0.0779 e. The largest absolute Gasteiger partial charge is 0.0779 e. The Balaban J connectivity index is 3.28. The zero-order valence-corrected chi connectivity index (χ0v) is 21.2. The first-order chi connectivity index (χ1) is 12.1. The minimum atomic E-state index is -1.30. The quantitative estimate of drug-likeness (QED) is 0.265. The van der Waals surface area contributed by atoms with Gasteiger partial charge in [0, 0.05) is 0 Å². The third kappa shape index (κ3) is 7.34. The predicted molar refractivity (Wildman–Crippen MR) is 128 cm³/mol. The Morgan fingerprint density at radius 2 is 0.885 bits per heavy atom. The smallest absolute Gasteiger partial charge is 0.0656 e. The van der Waals surface area contributed by atoms with Crippen LogP contribution >= 0.6 is 0 Å². The highest BCUT2D eigenvalue weighted by molar-refractivity contribution is 6.90. The summed E-state index contributed by atoms with van der Waals surface area (Å²) >= 11 is 0. The van der Waals surface area contributed by atoms with Crippen LogP contribution in [0.4, 0.5) is 0 Å². The Morgan fingerprint density at radius 1 is 0.538 bits per heavy atom. The molecule has 0 nitrogen and oxygen atoms in total. The molecule has 0 aromatic heterocycles. The molecule has 0 fully saturated rings. The van der Waals surface area contributed by atoms with Crippen molar-refractivity contribution in [3.8, 4) is 0 Å². The number of rotatable bonds is 12. The molecule has 0 saturated carbocycles. The molecule has 0 saturated heterocycles. The predicted octanol–water partition coefficient (Wildman–Crippen LogP) is 7.02. The lowest BCUT2D eigenvalue weighted by Gasteiger charge is -2.30. The van der Waals surface area contributed by atoms with Gasteiger partial charge in [-0.15, -0.1) is 0 Å². The summed E-state index contributed by atoms with van der Waals surface area (Å²) in [6.45, 7) is 19.8. The second-order valence-corrected chi connectivity index (χ2v) is 20.3. The van der Waals surface area contributed by atoms with Gasteiger partial charge in [-0.1, -0.05) is 114 Å². The molecule has 1 rings (SSSR count). The Bertz CT molecular complexity index is 483. The molecular formula is C24H46Si2. The topological polar surface area (TPSA) is 0 Å². The van der Waals surface area contributed by atoms with Gasteiger partial charge in [0.05, 0.1) is 16.1 Å². The fourth-order valence-corrected chi connectivity index (χ4v) is 7.66. The fraction of sp³-hybridized carbons (Fsp3) is 0.750. The van der Waals surface area contributed by atoms with Gasteiger partial charge < -0.3 is 0 Å². The van der Waals surface area contributed by atoms with Crippen molar-refractivity contribution in [1.29, 1.82) is 0 Å². The Kier molecular flexibility index (Phi) is 9.89. The van der Waals surface area contributed by atoms with Gasteiger partial charge >= 0.3 is 0 Å². The number of benzene rings is 1. The van der Waals surface area contributed by atoms with Crippen LogP contribution in [0.5, 0.6) is 0 Å². The maximum atomic E-state index is 2.55. The molecule has 0 radical (unpaired) electrons. The molecule has 26 heavy (non-hydrogen) atoms. The monoisotopic (exact) mass is 390 g/mol. The van der Waals surface area contributed by atoms with Gasteiger partial charge in [0.2, 0.25) is 0 Å². The first kappa shape index (κ1) is 23.7. The summed E-state index contributed by atoms with van der Waals surface area (Å²) in [7, 11) is -2.60. The molecule has 0 unspecified atom stereocenters. The summed E-state index contributed by atoms with van der Waals surface area (Å²) in [4.78, 5) is 0. The highest BCUT2D eigenvalue weighted by atomic mass is 28.3. The maximum absolute atomic E-state index is 2.55. The molecule has 150 valence electrons. The molecule has 0 amide bonds. The minimum absolute atomic E-state index is 1.30. The van der Waals surface area contributed by atoms with Gasteiger partial charge in [0.1, 0.15) is 0 Å². The first-order valence-electron chi connectivity index (χ1n) is 11.3. The van der Waals surface area contributed by atoms with E-state index in [9.17, 15) is 0 Å². The second kappa shape index (κ2) is 10.9. The molecular weight excluding hydrogens is 344 g/mol. The van der Waals surface area contributed by atoms with Crippen LogP contribution in [0.3, 0.4) is 0 Å². The van der Waals surface area contributed by atoms with E-state index in [-0.39, 0.29) is 0 Å². The summed E-state index contributed by atoms with van der Waals surface area (Å²) in [5.41, 5.74) is 3.58. The van der Waals surface area contributed by atoms with Gasteiger partial charge in [-0.2, -0.15) is 0 Å². The van der Waals surface area contributed by atoms with Gasteiger partial charge in [-0.25, -0.2) is 0 Å². The SMILES string of the molecule is CCCCCCc1c([Si](C)(C)C)ccc([Si](C)(C)C)c1CCCCCC. The Morgan fingerprint density at radius 3 is 1.15 bits per heavy atom. The highest BCUT2D eigenvalue weighted by Crippen LogP contribution is 2.20. The summed E-state index contributed by atoms with van der Waals surface area (Å²) < 4.78 is 0. The fourth-order valence-electron chi connectivity index (χ4n) is 4.13. The Labute approximate surface area is 167 Å². The van der Waals surface area contributed by atoms with E-state index in [1.165, 1.54) is 64.2 Å². The molecule has 1 aromatic rings. The molecule has 1 aromatic carbocycles. The molecule has 0 heterocycles. The number of hydrogen-bond acceptors (Lipinski definition) is 0. The normalized spacial score (nSPS) is 12.6. The van der Waals surface area contributed by atoms with Crippen molar-refractivity contribution in [2.24, 2.45) is 0 Å². The molecule has 0 atom stereocenters. The summed E-state index contributed by atoms with van der Waals surface area (Å²) in [6, 6.07) is 5.09. The van der Waals surface area contributed by atoms with Gasteiger partial charge in [-0.3, -0.25) is 0 Å². The molecule has 0 bridgehead atoms. The number of hydrogen-bond donors (Lipinski definition) is 0. The molecule has 2 heteroatoms. The van der Waals surface area contributed by atoms with Crippen molar-refractivity contribution in [3.63, 3.8) is 0 Å². The van der Waals surface area contributed by atoms with Gasteiger partial charge in [0.25, 0.3) is 0 Å². The van der Waals surface area contributed by atoms with E-state index in [1.54, 1.807) is 21.5 Å². The van der Waals surface area contributed by atoms with E-state index < -0.39 is 16.1 Å². The van der Waals surface area contributed by atoms with E-state index >= 15 is 0 Å². The van der Waals surface area contributed by atoms with Crippen molar-refractivity contribution >= 4 is 26.5 Å². The van der Waals surface area contributed by atoms with Gasteiger partial charge in [0.15, 0.2) is 0 Å². The first-order valence-corrected chi connectivity index (χ1v) is 18.3. The lowest BCUT2D eigenvalue weighted by molar-refractivity contribution is 0.652. The highest BCUT2D eigenvalue weighted by Gasteiger charge is 2.27. The van der Waals surface area contributed by atoms with Crippen LogP contribution in [0.1, 0.15) is 76.3 Å². The van der Waals surface area contributed by atoms with Crippen molar-refractivity contribution in [1.82, 2.24) is 0 Å². The van der Waals surface area contributed by atoms with Crippen LogP contribution < -0.4 is 10.4 Å². The second-order valence-electron chi connectivity index (χ2n) is 10.2. The zero-order chi connectivity index (χ0) is 19.8. The average molecular weight is 391 g/mol. The lowest BCUT2D eigenvalue weighted by atomic mass is 9.96. The van der Waals surface area contributed by atoms with E-state index in [0.717, 1.165) is 0 Å². The third-order valence-electron chi connectivity index (χ3n) is 5.61. The minimum Gasteiger partial charge on any atom is -0.0656 e.